The maximum absolute atomic E-state index is 12.1. The molecule has 0 bridgehead atoms. The Balaban J connectivity index is 1.80. The van der Waals surface area contributed by atoms with Crippen LogP contribution in [0.15, 0.2) is 48.5 Å². The van der Waals surface area contributed by atoms with Crippen LogP contribution in [0.4, 0.5) is 0 Å². The molecule has 0 unspecified atom stereocenters. The number of aromatic amines is 1. The summed E-state index contributed by atoms with van der Waals surface area (Å²) >= 11 is 0. The molecule has 0 saturated heterocycles. The van der Waals surface area contributed by atoms with Crippen LogP contribution in [0, 0.1) is 11.3 Å². The number of nitrogens with one attached hydrogen (secondary N) is 1. The van der Waals surface area contributed by atoms with Gasteiger partial charge >= 0.3 is 5.97 Å². The largest absolute Gasteiger partial charge is 0.456 e. The maximum Gasteiger partial charge on any atom is 0.359 e. The number of nitrogens with zero attached hydrogens (tertiary/aromatic N) is 2. The number of benzene rings is 2. The van der Waals surface area contributed by atoms with Gasteiger partial charge in [-0.15, -0.1) is 0 Å². The fourth-order valence-electron chi connectivity index (χ4n) is 2.09. The van der Waals surface area contributed by atoms with Crippen molar-refractivity contribution in [2.45, 2.75) is 6.61 Å². The van der Waals surface area contributed by atoms with Gasteiger partial charge < -0.3 is 4.74 Å². The number of esters is 1. The second kappa shape index (κ2) is 5.47. The molecule has 1 heterocycles. The minimum absolute atomic E-state index is 0.0454. The van der Waals surface area contributed by atoms with Crippen LogP contribution in [0.5, 0.6) is 0 Å². The number of carbonyl (C=O) groups excluding carboxylic acids is 1. The molecule has 21 heavy (non-hydrogen) atoms. The van der Waals surface area contributed by atoms with Gasteiger partial charge in [0.15, 0.2) is 5.69 Å². The smallest absolute Gasteiger partial charge is 0.359 e. The lowest BCUT2D eigenvalue weighted by Crippen LogP contribution is -2.07. The molecule has 0 aliphatic carbocycles. The van der Waals surface area contributed by atoms with Crippen LogP contribution in [0.25, 0.3) is 10.9 Å². The number of hydrogen-bond donors (Lipinski definition) is 1. The van der Waals surface area contributed by atoms with Gasteiger partial charge in [-0.2, -0.15) is 10.4 Å². The zero-order valence-corrected chi connectivity index (χ0v) is 11.0. The Labute approximate surface area is 120 Å². The highest BCUT2D eigenvalue weighted by atomic mass is 16.5. The van der Waals surface area contributed by atoms with Crippen molar-refractivity contribution in [3.8, 4) is 6.07 Å². The number of nitriles is 1. The van der Waals surface area contributed by atoms with E-state index >= 15 is 0 Å². The van der Waals surface area contributed by atoms with Gasteiger partial charge in [-0.25, -0.2) is 4.79 Å². The van der Waals surface area contributed by atoms with E-state index in [1.165, 1.54) is 0 Å². The van der Waals surface area contributed by atoms with Crippen molar-refractivity contribution in [3.05, 3.63) is 65.4 Å². The highest BCUT2D eigenvalue weighted by molar-refractivity contribution is 6.01. The van der Waals surface area contributed by atoms with Gasteiger partial charge in [0.1, 0.15) is 6.61 Å². The predicted octanol–water partition coefficient (Wildman–Crippen LogP) is 2.79. The summed E-state index contributed by atoms with van der Waals surface area (Å²) in [5, 5.41) is 16.5. The number of para-hydroxylation sites is 1. The third kappa shape index (κ3) is 2.47. The van der Waals surface area contributed by atoms with Gasteiger partial charge in [0.05, 0.1) is 17.1 Å². The number of fused-ring (bicyclic) bond motifs is 1. The topological polar surface area (TPSA) is 78.8 Å². The Morgan fingerprint density at radius 1 is 1.19 bits per heavy atom. The van der Waals surface area contributed by atoms with E-state index in [9.17, 15) is 4.79 Å². The normalized spacial score (nSPS) is 10.2. The van der Waals surface area contributed by atoms with E-state index in [0.717, 1.165) is 10.9 Å². The third-order valence-electron chi connectivity index (χ3n) is 3.16. The predicted molar refractivity (Wildman–Crippen MR) is 76.4 cm³/mol. The summed E-state index contributed by atoms with van der Waals surface area (Å²) in [6.07, 6.45) is 0. The van der Waals surface area contributed by atoms with Gasteiger partial charge in [0.2, 0.25) is 0 Å². The number of hydrogen-bond acceptors (Lipinski definition) is 4. The highest BCUT2D eigenvalue weighted by Crippen LogP contribution is 2.17. The summed E-state index contributed by atoms with van der Waals surface area (Å²) in [5.41, 5.74) is 2.20. The molecule has 2 aromatic carbocycles. The Hall–Kier alpha value is -3.13. The minimum atomic E-state index is -0.514. The average molecular weight is 277 g/mol. The van der Waals surface area contributed by atoms with E-state index in [1.54, 1.807) is 30.3 Å². The van der Waals surface area contributed by atoms with E-state index in [1.807, 2.05) is 18.2 Å². The first kappa shape index (κ1) is 12.9. The highest BCUT2D eigenvalue weighted by Gasteiger charge is 2.15. The number of rotatable bonds is 3. The summed E-state index contributed by atoms with van der Waals surface area (Å²) in [6.45, 7) is 0.0454. The van der Waals surface area contributed by atoms with Crippen LogP contribution in [-0.2, 0) is 11.3 Å². The second-order valence-electron chi connectivity index (χ2n) is 4.46. The van der Waals surface area contributed by atoms with Gasteiger partial charge in [-0.1, -0.05) is 36.4 Å². The molecular formula is C16H11N3O2. The quantitative estimate of drug-likeness (QED) is 0.746. The molecule has 0 spiro atoms. The lowest BCUT2D eigenvalue weighted by Gasteiger charge is -2.05. The second-order valence-corrected chi connectivity index (χ2v) is 4.46. The van der Waals surface area contributed by atoms with Crippen molar-refractivity contribution in [2.75, 3.05) is 0 Å². The molecule has 0 aliphatic heterocycles. The Kier molecular flexibility index (Phi) is 3.36. The number of H-pyrrole nitrogens is 1. The molecule has 3 aromatic rings. The number of aromatic nitrogens is 2. The zero-order chi connectivity index (χ0) is 14.7. The van der Waals surface area contributed by atoms with E-state index in [0.29, 0.717) is 11.1 Å². The molecule has 0 fully saturated rings. The van der Waals surface area contributed by atoms with Crippen molar-refractivity contribution >= 4 is 16.9 Å². The van der Waals surface area contributed by atoms with Crippen LogP contribution in [0.3, 0.4) is 0 Å². The molecule has 0 radical (unpaired) electrons. The summed E-state index contributed by atoms with van der Waals surface area (Å²) in [5.74, 6) is -0.514. The first-order valence-electron chi connectivity index (χ1n) is 6.38. The van der Waals surface area contributed by atoms with Crippen LogP contribution >= 0.6 is 0 Å². The number of carbonyl (C=O) groups is 1. The molecule has 3 rings (SSSR count). The first-order chi connectivity index (χ1) is 10.3. The molecule has 102 valence electrons. The molecule has 0 atom stereocenters. The van der Waals surface area contributed by atoms with Crippen molar-refractivity contribution in [1.29, 1.82) is 5.26 Å². The summed E-state index contributed by atoms with van der Waals surface area (Å²) in [6, 6.07) is 16.4. The maximum atomic E-state index is 12.1. The fraction of sp³-hybridized carbons (Fsp3) is 0.0625. The van der Waals surface area contributed by atoms with Crippen LogP contribution < -0.4 is 0 Å². The zero-order valence-electron chi connectivity index (χ0n) is 11.0. The fourth-order valence-corrected chi connectivity index (χ4v) is 2.09. The molecule has 0 aliphatic rings. The molecule has 1 N–H and O–H groups in total. The van der Waals surface area contributed by atoms with Crippen molar-refractivity contribution < 1.29 is 9.53 Å². The van der Waals surface area contributed by atoms with Crippen LogP contribution in [-0.4, -0.2) is 16.2 Å². The Morgan fingerprint density at radius 2 is 1.95 bits per heavy atom. The summed E-state index contributed by atoms with van der Waals surface area (Å²) in [4.78, 5) is 12.1. The molecule has 1 aromatic heterocycles. The van der Waals surface area contributed by atoms with Crippen molar-refractivity contribution in [3.63, 3.8) is 0 Å². The van der Waals surface area contributed by atoms with E-state index in [4.69, 9.17) is 10.00 Å². The lowest BCUT2D eigenvalue weighted by molar-refractivity contribution is 0.0467. The molecule has 0 saturated carbocycles. The molecular weight excluding hydrogens is 266 g/mol. The van der Waals surface area contributed by atoms with Gasteiger partial charge in [-0.3, -0.25) is 5.10 Å². The Morgan fingerprint density at radius 3 is 2.81 bits per heavy atom. The van der Waals surface area contributed by atoms with E-state index in [2.05, 4.69) is 16.3 Å². The third-order valence-corrected chi connectivity index (χ3v) is 3.16. The summed E-state index contributed by atoms with van der Waals surface area (Å²) in [7, 11) is 0. The van der Waals surface area contributed by atoms with Crippen LogP contribution in [0.1, 0.15) is 21.6 Å². The lowest BCUT2D eigenvalue weighted by atomic mass is 10.1. The standard InChI is InChI=1S/C16H11N3O2/c17-9-11-5-1-2-6-12(11)10-21-16(20)15-13-7-3-4-8-14(13)18-19-15/h1-8H,10H2,(H,18,19). The minimum Gasteiger partial charge on any atom is -0.456 e. The molecule has 5 heteroatoms. The molecule has 0 amide bonds. The van der Waals surface area contributed by atoms with E-state index < -0.39 is 5.97 Å². The van der Waals surface area contributed by atoms with Crippen LogP contribution in [0.2, 0.25) is 0 Å². The van der Waals surface area contributed by atoms with Crippen molar-refractivity contribution in [2.24, 2.45) is 0 Å². The Bertz CT molecular complexity index is 846. The number of ether oxygens (including phenoxy) is 1. The van der Waals surface area contributed by atoms with Crippen molar-refractivity contribution in [1.82, 2.24) is 10.2 Å². The van der Waals surface area contributed by atoms with Gasteiger partial charge in [0, 0.05) is 10.9 Å². The average Bonchev–Trinajstić information content (AvgIpc) is 2.97. The monoisotopic (exact) mass is 277 g/mol. The molecule has 5 nitrogen and oxygen atoms in total. The van der Waals surface area contributed by atoms with Gasteiger partial charge in [-0.05, 0) is 12.1 Å². The SMILES string of the molecule is N#Cc1ccccc1COC(=O)c1n[nH]c2ccccc12. The van der Waals surface area contributed by atoms with E-state index in [-0.39, 0.29) is 12.3 Å². The van der Waals surface area contributed by atoms with Gasteiger partial charge in [0.25, 0.3) is 0 Å². The first-order valence-corrected chi connectivity index (χ1v) is 6.38. The summed E-state index contributed by atoms with van der Waals surface area (Å²) < 4.78 is 5.25.